The predicted octanol–water partition coefficient (Wildman–Crippen LogP) is 2.20. The number of nitrogens with one attached hydrogen (secondary N) is 1. The standard InChI is InChI=1S/C18H24N2O2/c1-13-7-9-20(10-8-13)18(22)16-11-15(16)17(21)19-12-14-5-3-2-4-6-14/h2-6,13,15-16H,7-12H2,1H3,(H,19,21). The van der Waals surface area contributed by atoms with Crippen molar-refractivity contribution in [3.05, 3.63) is 35.9 Å². The van der Waals surface area contributed by atoms with E-state index in [1.807, 2.05) is 35.2 Å². The van der Waals surface area contributed by atoms with Crippen LogP contribution in [-0.2, 0) is 16.1 Å². The van der Waals surface area contributed by atoms with Crippen molar-refractivity contribution in [1.29, 1.82) is 0 Å². The Labute approximate surface area is 131 Å². The van der Waals surface area contributed by atoms with Gasteiger partial charge < -0.3 is 10.2 Å². The Morgan fingerprint density at radius 3 is 2.50 bits per heavy atom. The molecule has 0 aromatic heterocycles. The van der Waals surface area contributed by atoms with E-state index < -0.39 is 0 Å². The van der Waals surface area contributed by atoms with E-state index in [9.17, 15) is 9.59 Å². The number of rotatable bonds is 4. The monoisotopic (exact) mass is 300 g/mol. The van der Waals surface area contributed by atoms with Gasteiger partial charge in [-0.15, -0.1) is 0 Å². The first-order valence-electron chi connectivity index (χ1n) is 8.25. The van der Waals surface area contributed by atoms with E-state index in [0.29, 0.717) is 18.9 Å². The minimum Gasteiger partial charge on any atom is -0.352 e. The lowest BCUT2D eigenvalue weighted by Crippen LogP contribution is -2.39. The lowest BCUT2D eigenvalue weighted by molar-refractivity contribution is -0.135. The molecule has 1 N–H and O–H groups in total. The summed E-state index contributed by atoms with van der Waals surface area (Å²) in [5, 5.41) is 2.95. The average Bonchev–Trinajstić information content (AvgIpc) is 3.34. The Bertz CT molecular complexity index is 535. The van der Waals surface area contributed by atoms with Crippen LogP contribution in [0.2, 0.25) is 0 Å². The summed E-state index contributed by atoms with van der Waals surface area (Å²) in [5.41, 5.74) is 1.09. The number of nitrogens with zero attached hydrogens (tertiary/aromatic N) is 1. The molecule has 2 aliphatic rings. The molecule has 2 unspecified atom stereocenters. The van der Waals surface area contributed by atoms with Gasteiger partial charge in [0.1, 0.15) is 0 Å². The highest BCUT2D eigenvalue weighted by Crippen LogP contribution is 2.40. The minimum atomic E-state index is -0.115. The Hall–Kier alpha value is -1.84. The third-order valence-corrected chi connectivity index (χ3v) is 4.85. The first-order valence-corrected chi connectivity index (χ1v) is 8.25. The zero-order valence-corrected chi connectivity index (χ0v) is 13.1. The molecule has 0 bridgehead atoms. The van der Waals surface area contributed by atoms with Crippen molar-refractivity contribution in [1.82, 2.24) is 10.2 Å². The smallest absolute Gasteiger partial charge is 0.226 e. The van der Waals surface area contributed by atoms with Gasteiger partial charge in [0.2, 0.25) is 11.8 Å². The third-order valence-electron chi connectivity index (χ3n) is 4.85. The molecule has 118 valence electrons. The molecule has 0 spiro atoms. The van der Waals surface area contributed by atoms with Crippen molar-refractivity contribution in [2.45, 2.75) is 32.7 Å². The summed E-state index contributed by atoms with van der Waals surface area (Å²) in [6.07, 6.45) is 2.89. The summed E-state index contributed by atoms with van der Waals surface area (Å²) >= 11 is 0. The molecule has 1 aliphatic carbocycles. The van der Waals surface area contributed by atoms with Crippen molar-refractivity contribution >= 4 is 11.8 Å². The molecule has 4 heteroatoms. The molecule has 1 saturated heterocycles. The summed E-state index contributed by atoms with van der Waals surface area (Å²) in [6.45, 7) is 4.49. The Morgan fingerprint density at radius 1 is 1.14 bits per heavy atom. The zero-order chi connectivity index (χ0) is 15.5. The molecule has 1 heterocycles. The molecule has 1 aliphatic heterocycles. The lowest BCUT2D eigenvalue weighted by Gasteiger charge is -2.30. The highest BCUT2D eigenvalue weighted by atomic mass is 16.2. The van der Waals surface area contributed by atoms with E-state index >= 15 is 0 Å². The SMILES string of the molecule is CC1CCN(C(=O)C2CC2C(=O)NCc2ccccc2)CC1. The normalized spacial score (nSPS) is 24.9. The predicted molar refractivity (Wildman–Crippen MR) is 84.9 cm³/mol. The molecule has 1 saturated carbocycles. The number of carbonyl (C=O) groups excluding carboxylic acids is 2. The number of amides is 2. The molecule has 2 atom stereocenters. The number of likely N-dealkylation sites (tertiary alicyclic amines) is 1. The van der Waals surface area contributed by atoms with Crippen molar-refractivity contribution in [2.24, 2.45) is 17.8 Å². The first kappa shape index (κ1) is 15.1. The van der Waals surface area contributed by atoms with Crippen LogP contribution < -0.4 is 5.32 Å². The number of carbonyl (C=O) groups is 2. The largest absolute Gasteiger partial charge is 0.352 e. The number of hydrogen-bond donors (Lipinski definition) is 1. The maximum Gasteiger partial charge on any atom is 0.226 e. The fraction of sp³-hybridized carbons (Fsp3) is 0.556. The molecule has 2 fully saturated rings. The fourth-order valence-electron chi connectivity index (χ4n) is 3.14. The molecule has 0 radical (unpaired) electrons. The number of hydrogen-bond acceptors (Lipinski definition) is 2. The van der Waals surface area contributed by atoms with Crippen LogP contribution in [0.15, 0.2) is 30.3 Å². The van der Waals surface area contributed by atoms with Gasteiger partial charge in [-0.1, -0.05) is 37.3 Å². The highest BCUT2D eigenvalue weighted by Gasteiger charge is 2.49. The van der Waals surface area contributed by atoms with E-state index in [4.69, 9.17) is 0 Å². The van der Waals surface area contributed by atoms with Gasteiger partial charge in [0.05, 0.1) is 11.8 Å². The molecule has 1 aromatic carbocycles. The van der Waals surface area contributed by atoms with Gasteiger partial charge in [0.15, 0.2) is 0 Å². The van der Waals surface area contributed by atoms with Gasteiger partial charge in [-0.2, -0.15) is 0 Å². The maximum atomic E-state index is 12.4. The van der Waals surface area contributed by atoms with Gasteiger partial charge in [-0.25, -0.2) is 0 Å². The number of piperidine rings is 1. The van der Waals surface area contributed by atoms with Crippen LogP contribution in [0.25, 0.3) is 0 Å². The van der Waals surface area contributed by atoms with Gasteiger partial charge in [-0.05, 0) is 30.7 Å². The Balaban J connectivity index is 1.45. The molecule has 4 nitrogen and oxygen atoms in total. The summed E-state index contributed by atoms with van der Waals surface area (Å²) in [6, 6.07) is 9.86. The second kappa shape index (κ2) is 6.51. The van der Waals surface area contributed by atoms with Crippen LogP contribution in [0.4, 0.5) is 0 Å². The summed E-state index contributed by atoms with van der Waals surface area (Å²) < 4.78 is 0. The number of benzene rings is 1. The van der Waals surface area contributed by atoms with E-state index in [-0.39, 0.29) is 23.7 Å². The molecule has 22 heavy (non-hydrogen) atoms. The summed E-state index contributed by atoms with van der Waals surface area (Å²) in [4.78, 5) is 26.5. The van der Waals surface area contributed by atoms with E-state index in [1.54, 1.807) is 0 Å². The van der Waals surface area contributed by atoms with E-state index in [2.05, 4.69) is 12.2 Å². The van der Waals surface area contributed by atoms with Crippen molar-refractivity contribution in [3.63, 3.8) is 0 Å². The zero-order valence-electron chi connectivity index (χ0n) is 13.1. The van der Waals surface area contributed by atoms with E-state index in [1.165, 1.54) is 0 Å². The second-order valence-electron chi connectivity index (χ2n) is 6.66. The van der Waals surface area contributed by atoms with Crippen LogP contribution in [-0.4, -0.2) is 29.8 Å². The van der Waals surface area contributed by atoms with Crippen LogP contribution in [0.1, 0.15) is 31.7 Å². The molecule has 2 amide bonds. The Kier molecular flexibility index (Phi) is 4.46. The van der Waals surface area contributed by atoms with Crippen molar-refractivity contribution in [2.75, 3.05) is 13.1 Å². The van der Waals surface area contributed by atoms with Crippen molar-refractivity contribution < 1.29 is 9.59 Å². The second-order valence-corrected chi connectivity index (χ2v) is 6.66. The summed E-state index contributed by atoms with van der Waals surface area (Å²) in [7, 11) is 0. The maximum absolute atomic E-state index is 12.4. The minimum absolute atomic E-state index is 0.0209. The fourth-order valence-corrected chi connectivity index (χ4v) is 3.14. The lowest BCUT2D eigenvalue weighted by atomic mass is 9.99. The van der Waals surface area contributed by atoms with E-state index in [0.717, 1.165) is 31.5 Å². The first-order chi connectivity index (χ1) is 10.6. The molecular formula is C18H24N2O2. The van der Waals surface area contributed by atoms with Gasteiger partial charge >= 0.3 is 0 Å². The molecule has 3 rings (SSSR count). The average molecular weight is 300 g/mol. The molecular weight excluding hydrogens is 276 g/mol. The Morgan fingerprint density at radius 2 is 1.82 bits per heavy atom. The van der Waals surface area contributed by atoms with Crippen LogP contribution in [0.5, 0.6) is 0 Å². The van der Waals surface area contributed by atoms with Gasteiger partial charge in [0.25, 0.3) is 0 Å². The van der Waals surface area contributed by atoms with Crippen LogP contribution in [0.3, 0.4) is 0 Å². The quantitative estimate of drug-likeness (QED) is 0.926. The van der Waals surface area contributed by atoms with Crippen molar-refractivity contribution in [3.8, 4) is 0 Å². The van der Waals surface area contributed by atoms with Gasteiger partial charge in [0, 0.05) is 19.6 Å². The molecule has 1 aromatic rings. The summed E-state index contributed by atoms with van der Waals surface area (Å²) in [5.74, 6) is 0.729. The van der Waals surface area contributed by atoms with Gasteiger partial charge in [-0.3, -0.25) is 9.59 Å². The van der Waals surface area contributed by atoms with Crippen LogP contribution >= 0.6 is 0 Å². The van der Waals surface area contributed by atoms with Crippen LogP contribution in [0, 0.1) is 17.8 Å². The highest BCUT2D eigenvalue weighted by molar-refractivity contribution is 5.92. The third kappa shape index (κ3) is 3.49. The topological polar surface area (TPSA) is 49.4 Å².